The van der Waals surface area contributed by atoms with E-state index in [-0.39, 0.29) is 12.5 Å². The molecule has 0 spiro atoms. The van der Waals surface area contributed by atoms with Crippen LogP contribution in [0.25, 0.3) is 0 Å². The molecular weight excluding hydrogens is 852 g/mol. The lowest BCUT2D eigenvalue weighted by Crippen LogP contribution is -2.45. The number of rotatable bonds is 53. The monoisotopic (exact) mass is 965 g/mol. The molecule has 0 aromatic carbocycles. The number of nitrogens with one attached hydrogen (secondary N) is 1. The zero-order valence-corrected chi connectivity index (χ0v) is 46.0. The summed E-state index contributed by atoms with van der Waals surface area (Å²) < 4.78 is 23.3. The van der Waals surface area contributed by atoms with E-state index in [0.717, 1.165) is 38.5 Å². The van der Waals surface area contributed by atoms with E-state index in [4.69, 9.17) is 9.05 Å². The van der Waals surface area contributed by atoms with E-state index in [0.29, 0.717) is 17.4 Å². The van der Waals surface area contributed by atoms with Crippen LogP contribution in [0.15, 0.2) is 36.5 Å². The highest BCUT2D eigenvalue weighted by molar-refractivity contribution is 7.45. The van der Waals surface area contributed by atoms with Gasteiger partial charge in [0.15, 0.2) is 0 Å². The van der Waals surface area contributed by atoms with Crippen molar-refractivity contribution in [3.63, 3.8) is 0 Å². The third-order valence-corrected chi connectivity index (χ3v) is 14.0. The Labute approximate surface area is 417 Å². The van der Waals surface area contributed by atoms with Gasteiger partial charge in [-0.1, -0.05) is 249 Å². The molecular formula is C58H113N2O6P. The molecule has 67 heavy (non-hydrogen) atoms. The molecule has 1 amide bonds. The van der Waals surface area contributed by atoms with Crippen molar-refractivity contribution in [2.24, 2.45) is 0 Å². The van der Waals surface area contributed by atoms with E-state index < -0.39 is 26.6 Å². The van der Waals surface area contributed by atoms with E-state index in [2.05, 4.69) is 43.5 Å². The fourth-order valence-corrected chi connectivity index (χ4v) is 9.24. The molecule has 0 saturated carbocycles. The van der Waals surface area contributed by atoms with Crippen molar-refractivity contribution in [3.8, 4) is 0 Å². The molecule has 0 radical (unpaired) electrons. The second kappa shape index (κ2) is 49.7. The van der Waals surface area contributed by atoms with Crippen LogP contribution in [0.4, 0.5) is 0 Å². The van der Waals surface area contributed by atoms with Crippen molar-refractivity contribution in [2.75, 3.05) is 40.9 Å². The van der Waals surface area contributed by atoms with Crippen LogP contribution in [-0.4, -0.2) is 68.5 Å². The van der Waals surface area contributed by atoms with Crippen LogP contribution in [0.2, 0.25) is 0 Å². The first-order chi connectivity index (χ1) is 32.5. The summed E-state index contributed by atoms with van der Waals surface area (Å²) in [6.07, 6.45) is 63.7. The molecule has 0 aliphatic rings. The molecule has 0 heterocycles. The molecule has 0 bridgehead atoms. The van der Waals surface area contributed by atoms with Crippen molar-refractivity contribution >= 4 is 13.7 Å². The van der Waals surface area contributed by atoms with Crippen molar-refractivity contribution in [1.29, 1.82) is 0 Å². The molecule has 396 valence electrons. The van der Waals surface area contributed by atoms with Gasteiger partial charge >= 0.3 is 0 Å². The average molecular weight is 966 g/mol. The number of likely N-dealkylation sites (N-methyl/N-ethyl adjacent to an activating group) is 1. The number of aliphatic hydroxyl groups excluding tert-OH is 1. The molecule has 9 heteroatoms. The molecule has 0 aromatic heterocycles. The number of carbonyl (C=O) groups excluding carboxylic acids is 1. The van der Waals surface area contributed by atoms with Gasteiger partial charge in [0.2, 0.25) is 5.91 Å². The molecule has 0 saturated heterocycles. The second-order valence-electron chi connectivity index (χ2n) is 21.0. The van der Waals surface area contributed by atoms with Gasteiger partial charge in [0, 0.05) is 6.42 Å². The van der Waals surface area contributed by atoms with Gasteiger partial charge in [0.25, 0.3) is 7.82 Å². The maximum absolute atomic E-state index is 12.9. The van der Waals surface area contributed by atoms with Crippen LogP contribution in [0, 0.1) is 0 Å². The number of hydrogen-bond acceptors (Lipinski definition) is 6. The van der Waals surface area contributed by atoms with Crippen LogP contribution < -0.4 is 10.2 Å². The van der Waals surface area contributed by atoms with Crippen LogP contribution in [0.5, 0.6) is 0 Å². The largest absolute Gasteiger partial charge is 0.756 e. The second-order valence-corrected chi connectivity index (χ2v) is 22.4. The minimum Gasteiger partial charge on any atom is -0.756 e. The Morgan fingerprint density at radius 3 is 1.21 bits per heavy atom. The van der Waals surface area contributed by atoms with Gasteiger partial charge in [-0.25, -0.2) is 0 Å². The van der Waals surface area contributed by atoms with Gasteiger partial charge in [-0.3, -0.25) is 9.36 Å². The van der Waals surface area contributed by atoms with E-state index >= 15 is 0 Å². The molecule has 0 aliphatic heterocycles. The van der Waals surface area contributed by atoms with Crippen LogP contribution in [0.1, 0.15) is 277 Å². The number of hydrogen-bond donors (Lipinski definition) is 2. The summed E-state index contributed by atoms with van der Waals surface area (Å²) in [7, 11) is 1.25. The Balaban J connectivity index is 4.14. The van der Waals surface area contributed by atoms with Gasteiger partial charge in [-0.15, -0.1) is 0 Å². The van der Waals surface area contributed by atoms with Gasteiger partial charge in [-0.05, 0) is 57.8 Å². The van der Waals surface area contributed by atoms with Crippen molar-refractivity contribution in [3.05, 3.63) is 36.5 Å². The summed E-state index contributed by atoms with van der Waals surface area (Å²) in [6, 6.07) is -0.902. The summed E-state index contributed by atoms with van der Waals surface area (Å²) in [5.74, 6) is -0.205. The molecule has 0 fully saturated rings. The van der Waals surface area contributed by atoms with E-state index in [1.807, 2.05) is 27.2 Å². The Kier molecular flexibility index (Phi) is 48.7. The fraction of sp³-hybridized carbons (Fsp3) is 0.879. The maximum Gasteiger partial charge on any atom is 0.268 e. The molecule has 3 unspecified atom stereocenters. The summed E-state index contributed by atoms with van der Waals surface area (Å²) >= 11 is 0. The number of phosphoric ester groups is 1. The Bertz CT molecular complexity index is 1190. The quantitative estimate of drug-likeness (QED) is 0.0272. The van der Waals surface area contributed by atoms with Gasteiger partial charge in [0.1, 0.15) is 13.2 Å². The lowest BCUT2D eigenvalue weighted by atomic mass is 10.0. The summed E-state index contributed by atoms with van der Waals surface area (Å²) in [4.78, 5) is 25.5. The minimum atomic E-state index is -4.60. The third kappa shape index (κ3) is 52.4. The van der Waals surface area contributed by atoms with E-state index in [1.165, 1.54) is 218 Å². The number of phosphoric acid groups is 1. The van der Waals surface area contributed by atoms with E-state index in [9.17, 15) is 19.4 Å². The lowest BCUT2D eigenvalue weighted by Gasteiger charge is -2.29. The third-order valence-electron chi connectivity index (χ3n) is 13.1. The molecule has 8 nitrogen and oxygen atoms in total. The topological polar surface area (TPSA) is 108 Å². The molecule has 0 aliphatic carbocycles. The maximum atomic E-state index is 12.9. The number of quaternary nitrogens is 1. The normalized spacial score (nSPS) is 14.2. The standard InChI is InChI=1S/C58H113N2O6P/c1-6-8-10-12-14-16-18-20-22-24-25-26-27-28-29-30-31-32-33-34-35-36-38-40-42-44-46-48-50-52-58(62)59-56(55-66-67(63,64)65-54-53-60(3,4)5)57(61)51-49-47-45-43-41-39-37-23-21-19-17-15-13-11-9-7-2/h28-29,41,43,49,51,56-57,61H,6-27,30-40,42,44-48,50,52-55H2,1-5H3,(H-,59,62,63,64)/b29-28-,43-41+,51-49+. The molecule has 0 aromatic rings. The Morgan fingerprint density at radius 2 is 0.836 bits per heavy atom. The van der Waals surface area contributed by atoms with Gasteiger partial charge in [-0.2, -0.15) is 0 Å². The number of allylic oxidation sites excluding steroid dienone is 5. The van der Waals surface area contributed by atoms with Crippen LogP contribution in [-0.2, 0) is 18.4 Å². The first-order valence-corrected chi connectivity index (χ1v) is 30.3. The first-order valence-electron chi connectivity index (χ1n) is 28.9. The summed E-state index contributed by atoms with van der Waals surface area (Å²) in [5, 5.41) is 13.8. The SMILES string of the molecule is CCCCCCCCCCCC/C=C/CC/C=C/C(O)C(COP(=O)([O-])OCC[N+](C)(C)C)NC(=O)CCCCCCCCCCCCCCC/C=C\CCCCCCCCCCCCCC. The number of carbonyl (C=O) groups is 1. The predicted molar refractivity (Wildman–Crippen MR) is 288 cm³/mol. The Hall–Kier alpha value is -1.28. The first kappa shape index (κ1) is 65.7. The van der Waals surface area contributed by atoms with E-state index in [1.54, 1.807) is 6.08 Å². The smallest absolute Gasteiger partial charge is 0.268 e. The van der Waals surface area contributed by atoms with Crippen molar-refractivity contribution < 1.29 is 32.9 Å². The van der Waals surface area contributed by atoms with Crippen LogP contribution in [0.3, 0.4) is 0 Å². The minimum absolute atomic E-state index is 0.00550. The average Bonchev–Trinajstić information content (AvgIpc) is 3.29. The summed E-state index contributed by atoms with van der Waals surface area (Å²) in [5.41, 5.74) is 0. The molecule has 2 N–H and O–H groups in total. The molecule has 3 atom stereocenters. The van der Waals surface area contributed by atoms with Crippen molar-refractivity contribution in [2.45, 2.75) is 289 Å². The zero-order chi connectivity index (χ0) is 49.2. The number of amides is 1. The number of unbranched alkanes of at least 4 members (excludes halogenated alkanes) is 36. The van der Waals surface area contributed by atoms with Gasteiger partial charge in [0.05, 0.1) is 39.9 Å². The highest BCUT2D eigenvalue weighted by Gasteiger charge is 2.23. The lowest BCUT2D eigenvalue weighted by molar-refractivity contribution is -0.870. The highest BCUT2D eigenvalue weighted by Crippen LogP contribution is 2.38. The summed E-state index contributed by atoms with van der Waals surface area (Å²) in [6.45, 7) is 4.65. The number of nitrogens with zero attached hydrogens (tertiary/aromatic N) is 1. The Morgan fingerprint density at radius 1 is 0.507 bits per heavy atom. The molecule has 0 rings (SSSR count). The van der Waals surface area contributed by atoms with Crippen LogP contribution >= 0.6 is 7.82 Å². The fourth-order valence-electron chi connectivity index (χ4n) is 8.52. The van der Waals surface area contributed by atoms with Crippen molar-refractivity contribution in [1.82, 2.24) is 5.32 Å². The number of aliphatic hydroxyl groups is 1. The highest BCUT2D eigenvalue weighted by atomic mass is 31.2. The van der Waals surface area contributed by atoms with Gasteiger partial charge < -0.3 is 28.8 Å². The zero-order valence-electron chi connectivity index (χ0n) is 45.1. The predicted octanol–water partition coefficient (Wildman–Crippen LogP) is 16.7.